The molecule has 3 heterocycles. The Bertz CT molecular complexity index is 1440. The second-order valence-electron chi connectivity index (χ2n) is 7.07. The van der Waals surface area contributed by atoms with Gasteiger partial charge in [-0.2, -0.15) is 4.98 Å². The summed E-state index contributed by atoms with van der Waals surface area (Å²) in [5.74, 6) is 0.739. The summed E-state index contributed by atoms with van der Waals surface area (Å²) < 4.78 is 11.6. The molecule has 0 atom stereocenters. The quantitative estimate of drug-likeness (QED) is 0.309. The minimum atomic E-state index is -0.379. The highest BCUT2D eigenvalue weighted by Gasteiger charge is 2.17. The van der Waals surface area contributed by atoms with Gasteiger partial charge in [0.2, 0.25) is 5.89 Å². The maximum Gasteiger partial charge on any atom is 0.291 e. The van der Waals surface area contributed by atoms with Crippen LogP contribution in [-0.4, -0.2) is 15.9 Å². The summed E-state index contributed by atoms with van der Waals surface area (Å²) in [7, 11) is 0. The molecule has 0 unspecified atom stereocenters. The van der Waals surface area contributed by atoms with E-state index in [0.29, 0.717) is 38.6 Å². The predicted octanol–water partition coefficient (Wildman–Crippen LogP) is 7.02. The molecular weight excluding hydrogens is 449 g/mol. The van der Waals surface area contributed by atoms with Crippen molar-refractivity contribution in [3.05, 3.63) is 88.2 Å². The summed E-state index contributed by atoms with van der Waals surface area (Å²) in [5.41, 5.74) is 4.04. The van der Waals surface area contributed by atoms with Gasteiger partial charge in [-0.1, -0.05) is 29.3 Å². The minimum Gasteiger partial charge on any atom is -0.451 e. The van der Waals surface area contributed by atoms with Crippen LogP contribution in [0.25, 0.3) is 34.0 Å². The molecule has 0 aliphatic rings. The third-order valence-electron chi connectivity index (χ3n) is 5.01. The number of carbonyl (C=O) groups excluding carboxylic acids is 1. The average Bonchev–Trinajstić information content (AvgIpc) is 3.44. The number of halogens is 2. The number of aromatic nitrogens is 2. The lowest BCUT2D eigenvalue weighted by atomic mass is 10.1. The number of oxazole rings is 1. The highest BCUT2D eigenvalue weighted by Crippen LogP contribution is 2.32. The van der Waals surface area contributed by atoms with Gasteiger partial charge in [0.25, 0.3) is 5.91 Å². The maximum absolute atomic E-state index is 12.8. The molecule has 0 saturated carbocycles. The van der Waals surface area contributed by atoms with Crippen molar-refractivity contribution in [2.45, 2.75) is 6.92 Å². The summed E-state index contributed by atoms with van der Waals surface area (Å²) in [6.07, 6.45) is 1.66. The molecule has 0 aliphatic carbocycles. The molecule has 0 bridgehead atoms. The molecule has 2 aromatic carbocycles. The van der Waals surface area contributed by atoms with Crippen molar-refractivity contribution in [3.63, 3.8) is 0 Å². The Balaban J connectivity index is 1.41. The van der Waals surface area contributed by atoms with Crippen molar-refractivity contribution < 1.29 is 13.6 Å². The van der Waals surface area contributed by atoms with E-state index in [1.165, 1.54) is 0 Å². The lowest BCUT2D eigenvalue weighted by Gasteiger charge is -2.10. The molecule has 0 fully saturated rings. The van der Waals surface area contributed by atoms with Crippen LogP contribution in [0.1, 0.15) is 16.1 Å². The topological polar surface area (TPSA) is 81.2 Å². The first-order valence-corrected chi connectivity index (χ1v) is 10.4. The molecule has 3 aromatic heterocycles. The van der Waals surface area contributed by atoms with Crippen LogP contribution in [0.15, 0.2) is 75.7 Å². The van der Waals surface area contributed by atoms with Crippen LogP contribution in [-0.2, 0) is 0 Å². The van der Waals surface area contributed by atoms with E-state index >= 15 is 0 Å². The van der Waals surface area contributed by atoms with Crippen LogP contribution in [0, 0.1) is 6.92 Å². The third-order valence-corrected chi connectivity index (χ3v) is 5.75. The number of furan rings is 1. The van der Waals surface area contributed by atoms with E-state index in [1.54, 1.807) is 48.7 Å². The molecule has 0 spiro atoms. The molecule has 158 valence electrons. The number of pyridine rings is 1. The molecular formula is C24H15Cl2N3O3. The highest BCUT2D eigenvalue weighted by atomic mass is 35.5. The molecule has 0 saturated heterocycles. The maximum atomic E-state index is 12.8. The molecule has 8 heteroatoms. The Kier molecular flexibility index (Phi) is 5.17. The van der Waals surface area contributed by atoms with Crippen molar-refractivity contribution in [3.8, 4) is 22.8 Å². The number of fused-ring (bicyclic) bond motifs is 1. The Morgan fingerprint density at radius 3 is 2.66 bits per heavy atom. The average molecular weight is 464 g/mol. The minimum absolute atomic E-state index is 0.168. The number of anilines is 1. The summed E-state index contributed by atoms with van der Waals surface area (Å²) >= 11 is 12.0. The molecule has 0 radical (unpaired) electrons. The van der Waals surface area contributed by atoms with E-state index in [0.717, 1.165) is 16.7 Å². The Labute approximate surface area is 192 Å². The summed E-state index contributed by atoms with van der Waals surface area (Å²) in [6.45, 7) is 1.89. The van der Waals surface area contributed by atoms with Gasteiger partial charge < -0.3 is 14.2 Å². The SMILES string of the molecule is Cc1c(NC(=O)c2ccc(-c3ccc(Cl)c(Cl)c3)o2)cccc1-c1nc2ncccc2o1. The monoisotopic (exact) mass is 463 g/mol. The fourth-order valence-electron chi connectivity index (χ4n) is 3.34. The highest BCUT2D eigenvalue weighted by molar-refractivity contribution is 6.42. The van der Waals surface area contributed by atoms with Crippen LogP contribution in [0.3, 0.4) is 0 Å². The molecule has 0 aliphatic heterocycles. The van der Waals surface area contributed by atoms with E-state index in [-0.39, 0.29) is 11.7 Å². The number of nitrogens with zero attached hydrogens (tertiary/aromatic N) is 2. The van der Waals surface area contributed by atoms with E-state index in [2.05, 4.69) is 15.3 Å². The smallest absolute Gasteiger partial charge is 0.291 e. The number of benzene rings is 2. The van der Waals surface area contributed by atoms with Crippen molar-refractivity contribution >= 4 is 46.0 Å². The number of rotatable bonds is 4. The van der Waals surface area contributed by atoms with E-state index in [4.69, 9.17) is 32.0 Å². The number of carbonyl (C=O) groups is 1. The zero-order valence-corrected chi connectivity index (χ0v) is 18.2. The lowest BCUT2D eigenvalue weighted by Crippen LogP contribution is -2.12. The van der Waals surface area contributed by atoms with Gasteiger partial charge in [-0.05, 0) is 67.1 Å². The van der Waals surface area contributed by atoms with Crippen molar-refractivity contribution in [1.29, 1.82) is 0 Å². The van der Waals surface area contributed by atoms with Crippen LogP contribution in [0.2, 0.25) is 10.0 Å². The van der Waals surface area contributed by atoms with Gasteiger partial charge in [0.1, 0.15) is 5.76 Å². The van der Waals surface area contributed by atoms with Crippen molar-refractivity contribution in [2.24, 2.45) is 0 Å². The Morgan fingerprint density at radius 1 is 0.969 bits per heavy atom. The van der Waals surface area contributed by atoms with Crippen LogP contribution >= 0.6 is 23.2 Å². The number of amides is 1. The summed E-state index contributed by atoms with van der Waals surface area (Å²) in [5, 5.41) is 3.75. The standard InChI is InChI=1S/C24H15Cl2N3O3/c1-13-15(24-29-22-20(32-24)6-3-11-27-22)4-2-5-18(13)28-23(30)21-10-9-19(31-21)14-7-8-16(25)17(26)12-14/h2-12H,1H3,(H,28,30). The largest absolute Gasteiger partial charge is 0.451 e. The number of hydrogen-bond donors (Lipinski definition) is 1. The van der Waals surface area contributed by atoms with Gasteiger partial charge in [0.05, 0.1) is 10.0 Å². The molecule has 1 N–H and O–H groups in total. The van der Waals surface area contributed by atoms with Gasteiger partial charge in [0.15, 0.2) is 17.0 Å². The van der Waals surface area contributed by atoms with Gasteiger partial charge in [-0.3, -0.25) is 4.79 Å². The van der Waals surface area contributed by atoms with Crippen LogP contribution in [0.5, 0.6) is 0 Å². The fraction of sp³-hybridized carbons (Fsp3) is 0.0417. The van der Waals surface area contributed by atoms with Crippen molar-refractivity contribution in [1.82, 2.24) is 9.97 Å². The molecule has 6 nitrogen and oxygen atoms in total. The molecule has 32 heavy (non-hydrogen) atoms. The first kappa shape index (κ1) is 20.3. The predicted molar refractivity (Wildman–Crippen MR) is 124 cm³/mol. The van der Waals surface area contributed by atoms with Gasteiger partial charge >= 0.3 is 0 Å². The van der Waals surface area contributed by atoms with E-state index in [9.17, 15) is 4.79 Å². The van der Waals surface area contributed by atoms with E-state index < -0.39 is 0 Å². The summed E-state index contributed by atoms with van der Waals surface area (Å²) in [6, 6.07) is 17.6. The first-order valence-electron chi connectivity index (χ1n) is 9.68. The number of hydrogen-bond acceptors (Lipinski definition) is 5. The van der Waals surface area contributed by atoms with E-state index in [1.807, 2.05) is 25.1 Å². The second-order valence-corrected chi connectivity index (χ2v) is 7.88. The Hall–Kier alpha value is -3.61. The first-order chi connectivity index (χ1) is 15.5. The van der Waals surface area contributed by atoms with Gasteiger partial charge in [-0.15, -0.1) is 0 Å². The third kappa shape index (κ3) is 3.75. The van der Waals surface area contributed by atoms with Gasteiger partial charge in [0, 0.05) is 23.0 Å². The zero-order chi connectivity index (χ0) is 22.2. The zero-order valence-electron chi connectivity index (χ0n) is 16.7. The fourth-order valence-corrected chi connectivity index (χ4v) is 3.63. The molecule has 5 rings (SSSR count). The summed E-state index contributed by atoms with van der Waals surface area (Å²) in [4.78, 5) is 21.5. The molecule has 5 aromatic rings. The number of nitrogens with one attached hydrogen (secondary N) is 1. The van der Waals surface area contributed by atoms with Crippen LogP contribution < -0.4 is 5.32 Å². The second kappa shape index (κ2) is 8.15. The molecule has 1 amide bonds. The normalized spacial score (nSPS) is 11.1. The van der Waals surface area contributed by atoms with Gasteiger partial charge in [-0.25, -0.2) is 4.98 Å². The Morgan fingerprint density at radius 2 is 1.84 bits per heavy atom. The lowest BCUT2D eigenvalue weighted by molar-refractivity contribution is 0.0997. The van der Waals surface area contributed by atoms with Crippen molar-refractivity contribution in [2.75, 3.05) is 5.32 Å². The van der Waals surface area contributed by atoms with Crippen LogP contribution in [0.4, 0.5) is 5.69 Å².